The topological polar surface area (TPSA) is 108 Å². The molecule has 0 aromatic rings. The summed E-state index contributed by atoms with van der Waals surface area (Å²) in [6.07, 6.45) is 30.4. The van der Waals surface area contributed by atoms with Crippen molar-refractivity contribution in [3.05, 3.63) is 24.3 Å². The zero-order valence-electron chi connectivity index (χ0n) is 29.8. The zero-order valence-corrected chi connectivity index (χ0v) is 30.7. The van der Waals surface area contributed by atoms with Crippen LogP contribution in [0.1, 0.15) is 149 Å². The molecule has 45 heavy (non-hydrogen) atoms. The third-order valence-corrected chi connectivity index (χ3v) is 8.91. The molecule has 0 aliphatic rings. The smallest absolute Gasteiger partial charge is 0.268 e. The van der Waals surface area contributed by atoms with E-state index < -0.39 is 20.0 Å². The number of quaternary nitrogens is 1. The van der Waals surface area contributed by atoms with E-state index in [1.807, 2.05) is 21.1 Å². The third-order valence-electron chi connectivity index (χ3n) is 7.94. The lowest BCUT2D eigenvalue weighted by atomic mass is 10.0. The first-order valence-electron chi connectivity index (χ1n) is 18.2. The van der Waals surface area contributed by atoms with Gasteiger partial charge >= 0.3 is 0 Å². The fourth-order valence-corrected chi connectivity index (χ4v) is 5.67. The second-order valence-electron chi connectivity index (χ2n) is 13.6. The standard InChI is InChI=1S/C36H71N2O6P/c1-6-8-10-12-14-16-17-18-19-20-21-22-24-26-28-30-36(40)37-34(33-44-45(41,42)43-32-31-38(3,4)5)35(39)29-27-25-23-15-13-11-9-7-2/h14,16,18-19,34-35,39H,6-13,15,17,20-33H2,1-5H3,(H-,37,40,41,42)/b16-14-,19-18-. The summed E-state index contributed by atoms with van der Waals surface area (Å²) < 4.78 is 23.0. The number of hydrogen-bond acceptors (Lipinski definition) is 6. The molecule has 0 aliphatic carbocycles. The molecule has 0 fully saturated rings. The van der Waals surface area contributed by atoms with Crippen molar-refractivity contribution in [2.24, 2.45) is 0 Å². The van der Waals surface area contributed by atoms with Gasteiger partial charge in [0.2, 0.25) is 5.91 Å². The maximum atomic E-state index is 12.7. The molecule has 0 saturated heterocycles. The van der Waals surface area contributed by atoms with E-state index in [0.29, 0.717) is 23.9 Å². The van der Waals surface area contributed by atoms with Crippen LogP contribution in [0.3, 0.4) is 0 Å². The Hall–Kier alpha value is -1.02. The Balaban J connectivity index is 4.46. The Morgan fingerprint density at radius 1 is 0.778 bits per heavy atom. The van der Waals surface area contributed by atoms with Gasteiger partial charge in [-0.1, -0.05) is 122 Å². The quantitative estimate of drug-likeness (QED) is 0.0325. The van der Waals surface area contributed by atoms with E-state index in [-0.39, 0.29) is 19.1 Å². The summed E-state index contributed by atoms with van der Waals surface area (Å²) in [6, 6.07) is -0.802. The van der Waals surface area contributed by atoms with Gasteiger partial charge in [-0.3, -0.25) is 9.36 Å². The van der Waals surface area contributed by atoms with Crippen LogP contribution >= 0.6 is 7.82 Å². The van der Waals surface area contributed by atoms with Gasteiger partial charge in [-0.25, -0.2) is 0 Å². The highest BCUT2D eigenvalue weighted by molar-refractivity contribution is 7.45. The van der Waals surface area contributed by atoms with E-state index in [1.165, 1.54) is 57.8 Å². The number of allylic oxidation sites excluding steroid dienone is 4. The minimum absolute atomic E-state index is 0.00887. The second-order valence-corrected chi connectivity index (χ2v) is 15.0. The molecule has 0 spiro atoms. The SMILES string of the molecule is CCCCC/C=C\C/C=C\CCCCCCCC(=O)NC(COP(=O)([O-])OCC[N+](C)(C)C)C(O)CCCCCCCCCC. The maximum absolute atomic E-state index is 12.7. The van der Waals surface area contributed by atoms with E-state index in [1.54, 1.807) is 0 Å². The largest absolute Gasteiger partial charge is 0.756 e. The van der Waals surface area contributed by atoms with Crippen LogP contribution in [0, 0.1) is 0 Å². The number of amides is 1. The lowest BCUT2D eigenvalue weighted by Crippen LogP contribution is -2.46. The molecule has 0 heterocycles. The molecule has 9 heteroatoms. The van der Waals surface area contributed by atoms with Crippen molar-refractivity contribution in [2.75, 3.05) is 40.9 Å². The predicted octanol–water partition coefficient (Wildman–Crippen LogP) is 8.38. The summed E-state index contributed by atoms with van der Waals surface area (Å²) in [4.78, 5) is 25.1. The zero-order chi connectivity index (χ0) is 33.7. The molecule has 0 aromatic carbocycles. The van der Waals surface area contributed by atoms with Crippen LogP contribution in [0.4, 0.5) is 0 Å². The van der Waals surface area contributed by atoms with Gasteiger partial charge in [0.05, 0.1) is 39.9 Å². The predicted molar refractivity (Wildman–Crippen MR) is 187 cm³/mol. The molecule has 2 N–H and O–H groups in total. The Labute approximate surface area is 277 Å². The molecular formula is C36H71N2O6P. The van der Waals surface area contributed by atoms with Gasteiger partial charge in [-0.2, -0.15) is 0 Å². The van der Waals surface area contributed by atoms with Crippen molar-refractivity contribution < 1.29 is 32.9 Å². The van der Waals surface area contributed by atoms with Crippen LogP contribution < -0.4 is 10.2 Å². The third kappa shape index (κ3) is 31.4. The van der Waals surface area contributed by atoms with Crippen molar-refractivity contribution in [3.8, 4) is 0 Å². The van der Waals surface area contributed by atoms with Crippen LogP contribution in [0.2, 0.25) is 0 Å². The first kappa shape index (κ1) is 44.0. The van der Waals surface area contributed by atoms with Gasteiger partial charge < -0.3 is 28.8 Å². The number of likely N-dealkylation sites (N-methyl/N-ethyl adjacent to an activating group) is 1. The summed E-state index contributed by atoms with van der Waals surface area (Å²) in [7, 11) is 1.29. The van der Waals surface area contributed by atoms with Crippen molar-refractivity contribution in [2.45, 2.75) is 161 Å². The van der Waals surface area contributed by atoms with E-state index in [2.05, 4.69) is 43.5 Å². The number of rotatable bonds is 32. The minimum atomic E-state index is -4.55. The molecule has 3 atom stereocenters. The Morgan fingerprint density at radius 3 is 1.89 bits per heavy atom. The van der Waals surface area contributed by atoms with Crippen molar-refractivity contribution in [1.82, 2.24) is 5.32 Å². The number of nitrogens with zero attached hydrogens (tertiary/aromatic N) is 1. The average Bonchev–Trinajstić information content (AvgIpc) is 2.97. The van der Waals surface area contributed by atoms with E-state index in [4.69, 9.17) is 9.05 Å². The van der Waals surface area contributed by atoms with E-state index >= 15 is 0 Å². The van der Waals surface area contributed by atoms with Crippen LogP contribution in [0.15, 0.2) is 24.3 Å². The number of unbranched alkanes of at least 4 members (excludes halogenated alkanes) is 15. The summed E-state index contributed by atoms with van der Waals surface area (Å²) in [5.74, 6) is -0.184. The van der Waals surface area contributed by atoms with Crippen LogP contribution in [0.5, 0.6) is 0 Å². The summed E-state index contributed by atoms with van der Waals surface area (Å²) in [5.41, 5.74) is 0. The van der Waals surface area contributed by atoms with Gasteiger partial charge in [0.1, 0.15) is 13.2 Å². The number of carbonyl (C=O) groups is 1. The molecule has 0 aromatic heterocycles. The fraction of sp³-hybridized carbons (Fsp3) is 0.861. The number of aliphatic hydroxyl groups excluding tert-OH is 1. The summed E-state index contributed by atoms with van der Waals surface area (Å²) >= 11 is 0. The van der Waals surface area contributed by atoms with Crippen molar-refractivity contribution in [1.29, 1.82) is 0 Å². The molecular weight excluding hydrogens is 587 g/mol. The van der Waals surface area contributed by atoms with Gasteiger partial charge in [0.25, 0.3) is 7.82 Å². The first-order valence-corrected chi connectivity index (χ1v) is 19.6. The first-order chi connectivity index (χ1) is 21.5. The molecule has 0 saturated carbocycles. The number of nitrogens with one attached hydrogen (secondary N) is 1. The lowest BCUT2D eigenvalue weighted by molar-refractivity contribution is -0.870. The summed E-state index contributed by atoms with van der Waals surface area (Å²) in [5, 5.41) is 13.7. The van der Waals surface area contributed by atoms with Gasteiger partial charge in [-0.15, -0.1) is 0 Å². The van der Waals surface area contributed by atoms with Gasteiger partial charge in [-0.05, 0) is 44.9 Å². The normalized spacial score (nSPS) is 15.1. The molecule has 8 nitrogen and oxygen atoms in total. The molecule has 0 bridgehead atoms. The minimum Gasteiger partial charge on any atom is -0.756 e. The van der Waals surface area contributed by atoms with Crippen molar-refractivity contribution in [3.63, 3.8) is 0 Å². The highest BCUT2D eigenvalue weighted by Crippen LogP contribution is 2.38. The van der Waals surface area contributed by atoms with Crippen molar-refractivity contribution >= 4 is 13.7 Å². The van der Waals surface area contributed by atoms with Crippen LogP contribution in [-0.4, -0.2) is 68.5 Å². The number of phosphoric ester groups is 1. The summed E-state index contributed by atoms with van der Waals surface area (Å²) in [6.45, 7) is 4.61. The molecule has 0 radical (unpaired) electrons. The highest BCUT2D eigenvalue weighted by atomic mass is 31.2. The second kappa shape index (κ2) is 29.1. The van der Waals surface area contributed by atoms with Gasteiger partial charge in [0.15, 0.2) is 0 Å². The Kier molecular flexibility index (Phi) is 28.5. The molecule has 3 unspecified atom stereocenters. The average molecular weight is 659 g/mol. The number of carbonyl (C=O) groups excluding carboxylic acids is 1. The fourth-order valence-electron chi connectivity index (χ4n) is 4.95. The van der Waals surface area contributed by atoms with E-state index in [0.717, 1.165) is 64.2 Å². The van der Waals surface area contributed by atoms with Crippen LogP contribution in [-0.2, 0) is 18.4 Å². The number of aliphatic hydroxyl groups is 1. The van der Waals surface area contributed by atoms with E-state index in [9.17, 15) is 19.4 Å². The number of hydrogen-bond donors (Lipinski definition) is 2. The monoisotopic (exact) mass is 659 g/mol. The van der Waals surface area contributed by atoms with Gasteiger partial charge in [0, 0.05) is 6.42 Å². The lowest BCUT2D eigenvalue weighted by Gasteiger charge is -2.30. The highest BCUT2D eigenvalue weighted by Gasteiger charge is 2.24. The molecule has 0 aliphatic heterocycles. The maximum Gasteiger partial charge on any atom is 0.268 e. The molecule has 0 rings (SSSR count). The number of phosphoric acid groups is 1. The Bertz CT molecular complexity index is 799. The molecule has 1 amide bonds. The molecule has 266 valence electrons. The van der Waals surface area contributed by atoms with Crippen LogP contribution in [0.25, 0.3) is 0 Å². The Morgan fingerprint density at radius 2 is 1.29 bits per heavy atom.